The van der Waals surface area contributed by atoms with Crippen molar-refractivity contribution in [3.63, 3.8) is 0 Å². The smallest absolute Gasteiger partial charge is 0.319 e. The molecule has 4 nitrogen and oxygen atoms in total. The van der Waals surface area contributed by atoms with E-state index in [0.717, 1.165) is 38.0 Å². The van der Waals surface area contributed by atoms with Crippen molar-refractivity contribution in [2.75, 3.05) is 25.5 Å². The summed E-state index contributed by atoms with van der Waals surface area (Å²) in [7, 11) is 2.17. The van der Waals surface area contributed by atoms with Gasteiger partial charge in [-0.25, -0.2) is 4.79 Å². The molecular weight excluding hydrogens is 310 g/mol. The van der Waals surface area contributed by atoms with Crippen LogP contribution in [0, 0.1) is 5.92 Å². The Kier molecular flexibility index (Phi) is 5.10. The predicted octanol–water partition coefficient (Wildman–Crippen LogP) is 4.32. The fraction of sp³-hybridized carbons (Fsp3) is 0.667. The number of anilines is 1. The zero-order chi connectivity index (χ0) is 18.2. The van der Waals surface area contributed by atoms with Crippen molar-refractivity contribution < 1.29 is 4.79 Å². The first-order valence-corrected chi connectivity index (χ1v) is 9.67. The molecule has 138 valence electrons. The molecule has 2 unspecified atom stereocenters. The zero-order valence-electron chi connectivity index (χ0n) is 16.4. The van der Waals surface area contributed by atoms with E-state index in [0.29, 0.717) is 11.8 Å². The summed E-state index contributed by atoms with van der Waals surface area (Å²) < 4.78 is 0. The van der Waals surface area contributed by atoms with Gasteiger partial charge < -0.3 is 15.5 Å². The molecule has 2 atom stereocenters. The Labute approximate surface area is 152 Å². The van der Waals surface area contributed by atoms with E-state index in [9.17, 15) is 4.79 Å². The standard InChI is InChI=1S/C21H33N3O/c1-14-13-21(3,4)17-7-6-8-18(19(14)17)23-20(25)22-15(2)16-9-11-24(5)12-10-16/h6-8,14-16H,9-13H2,1-5H3,(H2,22,23,25). The molecule has 1 heterocycles. The molecule has 1 fully saturated rings. The molecule has 2 aliphatic rings. The molecule has 1 aliphatic carbocycles. The number of carbonyl (C=O) groups is 1. The van der Waals surface area contributed by atoms with E-state index in [2.05, 4.69) is 62.4 Å². The van der Waals surface area contributed by atoms with E-state index in [4.69, 9.17) is 0 Å². The first-order valence-electron chi connectivity index (χ1n) is 9.67. The molecule has 1 aromatic rings. The van der Waals surface area contributed by atoms with Gasteiger partial charge in [-0.2, -0.15) is 0 Å². The van der Waals surface area contributed by atoms with E-state index in [1.165, 1.54) is 11.1 Å². The summed E-state index contributed by atoms with van der Waals surface area (Å²) in [6.45, 7) is 11.2. The number of fused-ring (bicyclic) bond motifs is 1. The molecule has 0 aromatic heterocycles. The van der Waals surface area contributed by atoms with Crippen LogP contribution in [-0.2, 0) is 5.41 Å². The van der Waals surface area contributed by atoms with Crippen LogP contribution in [-0.4, -0.2) is 37.1 Å². The monoisotopic (exact) mass is 343 g/mol. The molecular formula is C21H33N3O. The lowest BCUT2D eigenvalue weighted by atomic mass is 9.86. The topological polar surface area (TPSA) is 44.4 Å². The highest BCUT2D eigenvalue weighted by molar-refractivity contribution is 5.91. The fourth-order valence-electron chi connectivity index (χ4n) is 4.78. The number of nitrogens with zero attached hydrogens (tertiary/aromatic N) is 1. The molecule has 1 saturated heterocycles. The minimum Gasteiger partial charge on any atom is -0.335 e. The number of hydrogen-bond acceptors (Lipinski definition) is 2. The highest BCUT2D eigenvalue weighted by Gasteiger charge is 2.36. The summed E-state index contributed by atoms with van der Waals surface area (Å²) in [6, 6.07) is 6.45. The zero-order valence-corrected chi connectivity index (χ0v) is 16.4. The molecule has 3 rings (SSSR count). The van der Waals surface area contributed by atoms with Crippen LogP contribution in [0.4, 0.5) is 10.5 Å². The lowest BCUT2D eigenvalue weighted by molar-refractivity contribution is 0.189. The molecule has 0 spiro atoms. The second kappa shape index (κ2) is 6.99. The molecule has 0 saturated carbocycles. The first kappa shape index (κ1) is 18.2. The summed E-state index contributed by atoms with van der Waals surface area (Å²) >= 11 is 0. The van der Waals surface area contributed by atoms with Gasteiger partial charge in [0.1, 0.15) is 0 Å². The van der Waals surface area contributed by atoms with Crippen molar-refractivity contribution in [1.82, 2.24) is 10.2 Å². The summed E-state index contributed by atoms with van der Waals surface area (Å²) in [5.41, 5.74) is 3.85. The van der Waals surface area contributed by atoms with Gasteiger partial charge in [0.05, 0.1) is 0 Å². The quantitative estimate of drug-likeness (QED) is 0.858. The van der Waals surface area contributed by atoms with E-state index in [-0.39, 0.29) is 17.5 Å². The van der Waals surface area contributed by atoms with Gasteiger partial charge in [-0.05, 0) is 80.8 Å². The third kappa shape index (κ3) is 3.84. The minimum atomic E-state index is -0.0725. The Morgan fingerprint density at radius 2 is 1.96 bits per heavy atom. The highest BCUT2D eigenvalue weighted by Crippen LogP contribution is 2.48. The lowest BCUT2D eigenvalue weighted by Crippen LogP contribution is -2.44. The van der Waals surface area contributed by atoms with Gasteiger partial charge in [-0.1, -0.05) is 32.9 Å². The first-order chi connectivity index (χ1) is 11.8. The summed E-state index contributed by atoms with van der Waals surface area (Å²) in [4.78, 5) is 14.9. The summed E-state index contributed by atoms with van der Waals surface area (Å²) in [5.74, 6) is 1.05. The molecule has 0 radical (unpaired) electrons. The van der Waals surface area contributed by atoms with Crippen LogP contribution in [0.1, 0.15) is 64.0 Å². The average Bonchev–Trinajstić information content (AvgIpc) is 2.78. The van der Waals surface area contributed by atoms with Crippen molar-refractivity contribution in [2.24, 2.45) is 5.92 Å². The Hall–Kier alpha value is -1.55. The maximum atomic E-state index is 12.6. The third-order valence-corrected chi connectivity index (χ3v) is 6.22. The molecule has 2 amide bonds. The van der Waals surface area contributed by atoms with Gasteiger partial charge in [0.25, 0.3) is 0 Å². The molecule has 25 heavy (non-hydrogen) atoms. The highest BCUT2D eigenvalue weighted by atomic mass is 16.2. The van der Waals surface area contributed by atoms with Gasteiger partial charge >= 0.3 is 6.03 Å². The van der Waals surface area contributed by atoms with E-state index >= 15 is 0 Å². The SMILES string of the molecule is CC1CC(C)(C)c2cccc(NC(=O)NC(C)C3CCN(C)CC3)c21. The molecule has 1 aliphatic heterocycles. The second-order valence-corrected chi connectivity index (χ2v) is 8.78. The van der Waals surface area contributed by atoms with Crippen LogP contribution in [0.15, 0.2) is 18.2 Å². The Balaban J connectivity index is 1.65. The van der Waals surface area contributed by atoms with E-state index in [1.807, 2.05) is 6.07 Å². The number of amides is 2. The number of likely N-dealkylation sites (tertiary alicyclic amines) is 1. The van der Waals surface area contributed by atoms with Crippen molar-refractivity contribution in [3.8, 4) is 0 Å². The fourth-order valence-corrected chi connectivity index (χ4v) is 4.78. The number of urea groups is 1. The maximum absolute atomic E-state index is 12.6. The van der Waals surface area contributed by atoms with E-state index in [1.54, 1.807) is 0 Å². The van der Waals surface area contributed by atoms with Gasteiger partial charge in [-0.3, -0.25) is 0 Å². The van der Waals surface area contributed by atoms with Crippen LogP contribution < -0.4 is 10.6 Å². The Morgan fingerprint density at radius 3 is 2.64 bits per heavy atom. The molecule has 1 aromatic carbocycles. The van der Waals surface area contributed by atoms with Gasteiger partial charge in [-0.15, -0.1) is 0 Å². The predicted molar refractivity (Wildman–Crippen MR) is 104 cm³/mol. The number of carbonyl (C=O) groups excluding carboxylic acids is 1. The van der Waals surface area contributed by atoms with E-state index < -0.39 is 0 Å². The Bertz CT molecular complexity index is 632. The summed E-state index contributed by atoms with van der Waals surface area (Å²) in [5, 5.41) is 6.30. The maximum Gasteiger partial charge on any atom is 0.319 e. The lowest BCUT2D eigenvalue weighted by Gasteiger charge is -2.33. The number of nitrogens with one attached hydrogen (secondary N) is 2. The number of rotatable bonds is 3. The third-order valence-electron chi connectivity index (χ3n) is 6.22. The van der Waals surface area contributed by atoms with Crippen LogP contribution in [0.3, 0.4) is 0 Å². The van der Waals surface area contributed by atoms with Crippen LogP contribution in [0.5, 0.6) is 0 Å². The molecule has 0 bridgehead atoms. The van der Waals surface area contributed by atoms with Crippen molar-refractivity contribution in [1.29, 1.82) is 0 Å². The second-order valence-electron chi connectivity index (χ2n) is 8.78. The van der Waals surface area contributed by atoms with Crippen LogP contribution >= 0.6 is 0 Å². The van der Waals surface area contributed by atoms with Crippen LogP contribution in [0.2, 0.25) is 0 Å². The minimum absolute atomic E-state index is 0.0725. The number of benzene rings is 1. The van der Waals surface area contributed by atoms with Crippen molar-refractivity contribution in [2.45, 2.75) is 64.3 Å². The van der Waals surface area contributed by atoms with Crippen LogP contribution in [0.25, 0.3) is 0 Å². The Morgan fingerprint density at radius 1 is 1.28 bits per heavy atom. The summed E-state index contributed by atoms with van der Waals surface area (Å²) in [6.07, 6.45) is 3.45. The van der Waals surface area contributed by atoms with Crippen molar-refractivity contribution >= 4 is 11.7 Å². The number of hydrogen-bond donors (Lipinski definition) is 2. The van der Waals surface area contributed by atoms with Crippen molar-refractivity contribution in [3.05, 3.63) is 29.3 Å². The van der Waals surface area contributed by atoms with Gasteiger partial charge in [0, 0.05) is 11.7 Å². The molecule has 2 N–H and O–H groups in total. The molecule has 4 heteroatoms. The van der Waals surface area contributed by atoms with Gasteiger partial charge in [0.15, 0.2) is 0 Å². The number of piperidine rings is 1. The normalized spacial score (nSPS) is 24.6. The van der Waals surface area contributed by atoms with Gasteiger partial charge in [0.2, 0.25) is 0 Å². The average molecular weight is 344 g/mol. The largest absolute Gasteiger partial charge is 0.335 e.